The Morgan fingerprint density at radius 3 is 2.52 bits per heavy atom. The van der Waals surface area contributed by atoms with Crippen LogP contribution < -0.4 is 0 Å². The molecule has 0 spiro atoms. The third kappa shape index (κ3) is 4.08. The second-order valence-corrected chi connectivity index (χ2v) is 6.78. The molecule has 1 aromatic heterocycles. The normalized spacial score (nSPS) is 12.3. The van der Waals surface area contributed by atoms with Crippen molar-refractivity contribution < 1.29 is 4.42 Å². The topological polar surface area (TPSA) is 38.9 Å². The second-order valence-electron chi connectivity index (χ2n) is 5.87. The van der Waals surface area contributed by atoms with Crippen LogP contribution in [0.4, 0.5) is 0 Å². The van der Waals surface area contributed by atoms with E-state index in [1.807, 2.05) is 12.1 Å². The average molecular weight is 371 g/mol. The smallest absolute Gasteiger partial charge is 0.220 e. The average Bonchev–Trinajstić information content (AvgIpc) is 3.00. The van der Waals surface area contributed by atoms with Crippen LogP contribution in [0.3, 0.4) is 0 Å². The Labute approximate surface area is 144 Å². The molecule has 1 heterocycles. The molecule has 23 heavy (non-hydrogen) atoms. The molecule has 1 unspecified atom stereocenters. The summed E-state index contributed by atoms with van der Waals surface area (Å²) in [6, 6.07) is 16.6. The lowest BCUT2D eigenvalue weighted by Crippen LogP contribution is -2.00. The van der Waals surface area contributed by atoms with E-state index in [9.17, 15) is 0 Å². The van der Waals surface area contributed by atoms with Gasteiger partial charge in [-0.25, -0.2) is 0 Å². The van der Waals surface area contributed by atoms with Crippen LogP contribution in [-0.4, -0.2) is 10.2 Å². The highest BCUT2D eigenvalue weighted by Crippen LogP contribution is 2.22. The van der Waals surface area contributed by atoms with Gasteiger partial charge in [-0.3, -0.25) is 0 Å². The minimum absolute atomic E-state index is 0.210. The van der Waals surface area contributed by atoms with Gasteiger partial charge in [0.05, 0.1) is 6.42 Å². The van der Waals surface area contributed by atoms with Crippen molar-refractivity contribution in [3.05, 3.63) is 81.5 Å². The van der Waals surface area contributed by atoms with E-state index in [1.165, 1.54) is 11.1 Å². The lowest BCUT2D eigenvalue weighted by molar-refractivity contribution is 0.428. The molecule has 0 amide bonds. The largest absolute Gasteiger partial charge is 0.425 e. The molecule has 0 aliphatic rings. The van der Waals surface area contributed by atoms with Crippen LogP contribution in [0.25, 0.3) is 0 Å². The third-order valence-corrected chi connectivity index (χ3v) is 4.49. The predicted octanol–water partition coefficient (Wildman–Crippen LogP) is 5.08. The van der Waals surface area contributed by atoms with E-state index < -0.39 is 0 Å². The summed E-state index contributed by atoms with van der Waals surface area (Å²) in [5, 5.41) is 8.42. The summed E-state index contributed by atoms with van der Waals surface area (Å²) in [6.45, 7) is 4.26. The van der Waals surface area contributed by atoms with E-state index in [1.54, 1.807) is 0 Å². The lowest BCUT2D eigenvalue weighted by atomic mass is 9.97. The van der Waals surface area contributed by atoms with Crippen LogP contribution in [0.5, 0.6) is 0 Å². The molecule has 4 heteroatoms. The van der Waals surface area contributed by atoms with Gasteiger partial charge in [0, 0.05) is 10.4 Å². The lowest BCUT2D eigenvalue weighted by Gasteiger charge is -2.09. The highest BCUT2D eigenvalue weighted by molar-refractivity contribution is 9.10. The molecule has 2 aromatic carbocycles. The number of aromatic nitrogens is 2. The molecule has 1 atom stereocenters. The fourth-order valence-electron chi connectivity index (χ4n) is 2.57. The van der Waals surface area contributed by atoms with Gasteiger partial charge < -0.3 is 4.42 Å². The van der Waals surface area contributed by atoms with Crippen molar-refractivity contribution in [2.24, 2.45) is 0 Å². The molecule has 3 nitrogen and oxygen atoms in total. The van der Waals surface area contributed by atoms with Gasteiger partial charge >= 0.3 is 0 Å². The first-order valence-corrected chi connectivity index (χ1v) is 8.52. The summed E-state index contributed by atoms with van der Waals surface area (Å²) in [5.41, 5.74) is 3.79. The van der Waals surface area contributed by atoms with Crippen molar-refractivity contribution in [3.8, 4) is 0 Å². The maximum Gasteiger partial charge on any atom is 0.220 e. The Morgan fingerprint density at radius 2 is 1.78 bits per heavy atom. The van der Waals surface area contributed by atoms with Crippen LogP contribution in [0.2, 0.25) is 0 Å². The van der Waals surface area contributed by atoms with Gasteiger partial charge in [-0.1, -0.05) is 59.3 Å². The molecule has 0 radical (unpaired) electrons. The zero-order valence-electron chi connectivity index (χ0n) is 13.3. The minimum atomic E-state index is 0.210. The molecule has 0 aliphatic heterocycles. The number of benzene rings is 2. The summed E-state index contributed by atoms with van der Waals surface area (Å²) in [5.74, 6) is 1.58. The molecule has 0 bridgehead atoms. The molecule has 0 saturated carbocycles. The fourth-order valence-corrected chi connectivity index (χ4v) is 2.83. The zero-order valence-corrected chi connectivity index (χ0v) is 14.9. The Bertz CT molecular complexity index is 780. The maximum atomic E-state index is 5.86. The van der Waals surface area contributed by atoms with E-state index in [4.69, 9.17) is 4.42 Å². The van der Waals surface area contributed by atoms with Gasteiger partial charge in [-0.2, -0.15) is 0 Å². The monoisotopic (exact) mass is 370 g/mol. The second kappa shape index (κ2) is 7.09. The Kier molecular flexibility index (Phi) is 4.91. The first-order valence-electron chi connectivity index (χ1n) is 7.73. The van der Waals surface area contributed by atoms with Crippen molar-refractivity contribution in [2.45, 2.75) is 32.6 Å². The summed E-state index contributed by atoms with van der Waals surface area (Å²) >= 11 is 3.44. The maximum absolute atomic E-state index is 5.86. The minimum Gasteiger partial charge on any atom is -0.425 e. The van der Waals surface area contributed by atoms with E-state index >= 15 is 0 Å². The van der Waals surface area contributed by atoms with Gasteiger partial charge in [-0.15, -0.1) is 10.2 Å². The summed E-state index contributed by atoms with van der Waals surface area (Å²) < 4.78 is 6.93. The van der Waals surface area contributed by atoms with Crippen LogP contribution in [0.1, 0.15) is 41.3 Å². The third-order valence-electron chi connectivity index (χ3n) is 3.96. The van der Waals surface area contributed by atoms with Crippen LogP contribution in [0, 0.1) is 6.92 Å². The van der Waals surface area contributed by atoms with E-state index in [-0.39, 0.29) is 5.92 Å². The number of halogens is 1. The van der Waals surface area contributed by atoms with Crippen molar-refractivity contribution in [2.75, 3.05) is 0 Å². The van der Waals surface area contributed by atoms with Gasteiger partial charge in [0.15, 0.2) is 0 Å². The number of hydrogen-bond donors (Lipinski definition) is 0. The van der Waals surface area contributed by atoms with Gasteiger partial charge in [-0.05, 0) is 42.2 Å². The molecule has 0 aliphatic carbocycles. The Morgan fingerprint density at radius 1 is 1.04 bits per heavy atom. The van der Waals surface area contributed by atoms with Crippen LogP contribution >= 0.6 is 15.9 Å². The molecule has 118 valence electrons. The molecule has 3 rings (SSSR count). The fraction of sp³-hybridized carbons (Fsp3) is 0.263. The van der Waals surface area contributed by atoms with Gasteiger partial charge in [0.25, 0.3) is 0 Å². The molecule has 0 saturated heterocycles. The first kappa shape index (κ1) is 15.9. The van der Waals surface area contributed by atoms with Gasteiger partial charge in [0.2, 0.25) is 11.8 Å². The van der Waals surface area contributed by atoms with E-state index in [2.05, 4.69) is 76.4 Å². The summed E-state index contributed by atoms with van der Waals surface area (Å²) in [6.07, 6.45) is 1.57. The van der Waals surface area contributed by atoms with Crippen molar-refractivity contribution in [1.82, 2.24) is 10.2 Å². The molecular weight excluding hydrogens is 352 g/mol. The Balaban J connectivity index is 1.68. The highest BCUT2D eigenvalue weighted by atomic mass is 79.9. The number of aryl methyl sites for hydroxylation is 1. The quantitative estimate of drug-likeness (QED) is 0.628. The number of rotatable bonds is 5. The molecular formula is C19H19BrN2O. The number of nitrogens with zero attached hydrogens (tertiary/aromatic N) is 2. The molecule has 0 N–H and O–H groups in total. The standard InChI is InChI=1S/C19H19BrN2O/c1-13-5-3-4-6-16(13)11-14(2)19-22-21-18(23-19)12-15-7-9-17(20)10-8-15/h3-10,14H,11-12H2,1-2H3. The van der Waals surface area contributed by atoms with Crippen molar-refractivity contribution in [3.63, 3.8) is 0 Å². The van der Waals surface area contributed by atoms with Gasteiger partial charge in [0.1, 0.15) is 0 Å². The van der Waals surface area contributed by atoms with Crippen molar-refractivity contribution >= 4 is 15.9 Å². The van der Waals surface area contributed by atoms with E-state index in [0.717, 1.165) is 16.5 Å². The van der Waals surface area contributed by atoms with Crippen LogP contribution in [-0.2, 0) is 12.8 Å². The molecule has 0 fully saturated rings. The number of hydrogen-bond acceptors (Lipinski definition) is 3. The Hall–Kier alpha value is -1.94. The first-order chi connectivity index (χ1) is 11.1. The van der Waals surface area contributed by atoms with E-state index in [0.29, 0.717) is 18.2 Å². The summed E-state index contributed by atoms with van der Waals surface area (Å²) in [7, 11) is 0. The molecule has 3 aromatic rings. The van der Waals surface area contributed by atoms with Crippen molar-refractivity contribution in [1.29, 1.82) is 0 Å². The zero-order chi connectivity index (χ0) is 16.2. The predicted molar refractivity (Wildman–Crippen MR) is 94.5 cm³/mol. The van der Waals surface area contributed by atoms with Crippen LogP contribution in [0.15, 0.2) is 57.4 Å². The summed E-state index contributed by atoms with van der Waals surface area (Å²) in [4.78, 5) is 0. The highest BCUT2D eigenvalue weighted by Gasteiger charge is 2.15. The SMILES string of the molecule is Cc1ccccc1CC(C)c1nnc(Cc2ccc(Br)cc2)o1.